The second-order valence-corrected chi connectivity index (χ2v) is 8.00. The van der Waals surface area contributed by atoms with E-state index in [4.69, 9.17) is 0 Å². The lowest BCUT2D eigenvalue weighted by molar-refractivity contribution is -0.384. The highest BCUT2D eigenvalue weighted by molar-refractivity contribution is 6.12. The van der Waals surface area contributed by atoms with Crippen LogP contribution in [0.1, 0.15) is 11.1 Å². The second-order valence-electron chi connectivity index (χ2n) is 8.00. The molecule has 5 rings (SSSR count). The third-order valence-electron chi connectivity index (χ3n) is 5.65. The van der Waals surface area contributed by atoms with Gasteiger partial charge in [-0.15, -0.1) is 5.11 Å². The van der Waals surface area contributed by atoms with E-state index in [0.717, 1.165) is 44.7 Å². The summed E-state index contributed by atoms with van der Waals surface area (Å²) >= 11 is 0. The lowest BCUT2D eigenvalue weighted by Gasteiger charge is -2.21. The number of azo groups is 1. The van der Waals surface area contributed by atoms with Crippen LogP contribution in [0.2, 0.25) is 0 Å². The molecule has 0 aliphatic carbocycles. The smallest absolute Gasteiger partial charge is 0.269 e. The average Bonchev–Trinajstić information content (AvgIpc) is 2.84. The van der Waals surface area contributed by atoms with Gasteiger partial charge in [-0.2, -0.15) is 5.11 Å². The first-order chi connectivity index (χ1) is 16.0. The molecule has 0 spiro atoms. The van der Waals surface area contributed by atoms with Gasteiger partial charge >= 0.3 is 0 Å². The highest BCUT2D eigenvalue weighted by Gasteiger charge is 2.16. The fourth-order valence-electron chi connectivity index (χ4n) is 3.91. The maximum Gasteiger partial charge on any atom is 0.269 e. The van der Waals surface area contributed by atoms with Gasteiger partial charge in [0.2, 0.25) is 0 Å². The zero-order valence-electron chi connectivity index (χ0n) is 18.2. The molecule has 7 nitrogen and oxygen atoms in total. The van der Waals surface area contributed by atoms with Gasteiger partial charge in [-0.3, -0.25) is 10.1 Å². The number of hydrogen-bond acceptors (Lipinski definition) is 6. The highest BCUT2D eigenvalue weighted by Crippen LogP contribution is 2.40. The third kappa shape index (κ3) is 3.92. The van der Waals surface area contributed by atoms with Crippen LogP contribution in [0.4, 0.5) is 28.4 Å². The zero-order valence-corrected chi connectivity index (χ0v) is 18.2. The summed E-state index contributed by atoms with van der Waals surface area (Å²) < 4.78 is 0. The predicted octanol–water partition coefficient (Wildman–Crippen LogP) is 7.15. The maximum atomic E-state index is 10.8. The van der Waals surface area contributed by atoms with Crippen molar-refractivity contribution in [1.82, 2.24) is 0 Å². The molecule has 0 bridgehead atoms. The Bertz CT molecular complexity index is 1420. The van der Waals surface area contributed by atoms with Crippen molar-refractivity contribution in [2.75, 3.05) is 24.3 Å². The molecule has 162 valence electrons. The lowest BCUT2D eigenvalue weighted by Crippen LogP contribution is -2.09. The van der Waals surface area contributed by atoms with Gasteiger partial charge in [0.15, 0.2) is 0 Å². The molecular formula is C26H21N5O2. The Hall–Kier alpha value is -4.52. The van der Waals surface area contributed by atoms with Gasteiger partial charge < -0.3 is 10.2 Å². The maximum absolute atomic E-state index is 10.8. The normalized spacial score (nSPS) is 12.5. The first-order valence-electron chi connectivity index (χ1n) is 10.5. The molecule has 0 saturated heterocycles. The lowest BCUT2D eigenvalue weighted by atomic mass is 9.96. The van der Waals surface area contributed by atoms with E-state index in [0.29, 0.717) is 5.69 Å². The molecule has 4 aromatic rings. The molecule has 1 heterocycles. The predicted molar refractivity (Wildman–Crippen MR) is 133 cm³/mol. The average molecular weight is 435 g/mol. The number of nitrogens with zero attached hydrogens (tertiary/aromatic N) is 4. The number of rotatable bonds is 5. The topological polar surface area (TPSA) is 83.1 Å². The summed E-state index contributed by atoms with van der Waals surface area (Å²) in [7, 11) is 4.06. The minimum absolute atomic E-state index is 0.0283. The Labute approximate surface area is 190 Å². The molecule has 0 unspecified atom stereocenters. The SMILES string of the molecule is CN(C)c1ccc(C2=Cc3ccc(N=Nc4ccc([N+](=O)[O-])cc4)c4cccc(c34)N2)cc1. The van der Waals surface area contributed by atoms with Crippen molar-refractivity contribution in [3.63, 3.8) is 0 Å². The van der Waals surface area contributed by atoms with Crippen LogP contribution >= 0.6 is 0 Å². The van der Waals surface area contributed by atoms with E-state index < -0.39 is 4.92 Å². The molecule has 7 heteroatoms. The number of nitro benzene ring substituents is 1. The number of anilines is 2. The first-order valence-corrected chi connectivity index (χ1v) is 10.5. The van der Waals surface area contributed by atoms with Crippen molar-refractivity contribution in [3.8, 4) is 0 Å². The molecule has 0 radical (unpaired) electrons. The van der Waals surface area contributed by atoms with E-state index in [-0.39, 0.29) is 5.69 Å². The molecule has 4 aromatic carbocycles. The van der Waals surface area contributed by atoms with Crippen molar-refractivity contribution >= 4 is 51.0 Å². The third-order valence-corrected chi connectivity index (χ3v) is 5.65. The number of nitrogens with one attached hydrogen (secondary N) is 1. The summed E-state index contributed by atoms with van der Waals surface area (Å²) in [6.07, 6.45) is 2.15. The molecule has 0 atom stereocenters. The van der Waals surface area contributed by atoms with Gasteiger partial charge in [-0.05, 0) is 53.6 Å². The summed E-state index contributed by atoms with van der Waals surface area (Å²) in [6, 6.07) is 24.6. The monoisotopic (exact) mass is 435 g/mol. The summed E-state index contributed by atoms with van der Waals surface area (Å²) in [6.45, 7) is 0. The molecule has 1 N–H and O–H groups in total. The molecule has 33 heavy (non-hydrogen) atoms. The van der Waals surface area contributed by atoms with E-state index in [1.807, 2.05) is 38.4 Å². The van der Waals surface area contributed by atoms with Crippen LogP contribution in [0.3, 0.4) is 0 Å². The Morgan fingerprint density at radius 1 is 0.879 bits per heavy atom. The van der Waals surface area contributed by atoms with Gasteiger partial charge in [0.25, 0.3) is 5.69 Å². The van der Waals surface area contributed by atoms with E-state index in [1.54, 1.807) is 12.1 Å². The van der Waals surface area contributed by atoms with E-state index in [2.05, 4.69) is 56.9 Å². The standard InChI is InChI=1S/C26H21N5O2/c1-30(2)20-11-6-17(7-12-20)25-16-18-8-15-23(22-4-3-5-24(27-25)26(18)22)29-28-19-9-13-21(14-10-19)31(32)33/h3-16,27H,1-2H3. The molecule has 1 aliphatic rings. The Kier molecular flexibility index (Phi) is 5.06. The van der Waals surface area contributed by atoms with Crippen LogP contribution < -0.4 is 10.2 Å². The van der Waals surface area contributed by atoms with Gasteiger partial charge in [0.05, 0.1) is 16.3 Å². The van der Waals surface area contributed by atoms with Crippen molar-refractivity contribution < 1.29 is 4.92 Å². The summed E-state index contributed by atoms with van der Waals surface area (Å²) in [5.74, 6) is 0. The van der Waals surface area contributed by atoms with Gasteiger partial charge in [0.1, 0.15) is 0 Å². The fraction of sp³-hybridized carbons (Fsp3) is 0.0769. The van der Waals surface area contributed by atoms with E-state index in [1.165, 1.54) is 12.1 Å². The van der Waals surface area contributed by atoms with Gasteiger partial charge in [0, 0.05) is 54.1 Å². The van der Waals surface area contributed by atoms with E-state index in [9.17, 15) is 10.1 Å². The summed E-state index contributed by atoms with van der Waals surface area (Å²) in [4.78, 5) is 12.5. The minimum Gasteiger partial charge on any atom is -0.378 e. The van der Waals surface area contributed by atoms with Crippen LogP contribution in [-0.2, 0) is 0 Å². The van der Waals surface area contributed by atoms with E-state index >= 15 is 0 Å². The number of nitro groups is 1. The Balaban J connectivity index is 1.50. The minimum atomic E-state index is -0.432. The number of non-ortho nitro benzene ring substituents is 1. The zero-order chi connectivity index (χ0) is 22.9. The number of benzene rings is 4. The molecule has 0 fully saturated rings. The fourth-order valence-corrected chi connectivity index (χ4v) is 3.91. The van der Waals surface area contributed by atoms with Crippen molar-refractivity contribution in [2.24, 2.45) is 10.2 Å². The quantitative estimate of drug-likeness (QED) is 0.205. The van der Waals surface area contributed by atoms with Crippen molar-refractivity contribution in [1.29, 1.82) is 0 Å². The molecule has 0 aromatic heterocycles. The van der Waals surface area contributed by atoms with Crippen LogP contribution in [0, 0.1) is 10.1 Å². The molecule has 1 aliphatic heterocycles. The van der Waals surface area contributed by atoms with Gasteiger partial charge in [-0.1, -0.05) is 30.3 Å². The highest BCUT2D eigenvalue weighted by atomic mass is 16.6. The Morgan fingerprint density at radius 2 is 1.64 bits per heavy atom. The summed E-state index contributed by atoms with van der Waals surface area (Å²) in [5, 5.41) is 25.2. The molecule has 0 saturated carbocycles. The van der Waals surface area contributed by atoms with Crippen LogP contribution in [0.5, 0.6) is 0 Å². The van der Waals surface area contributed by atoms with Crippen molar-refractivity contribution in [3.05, 3.63) is 100 Å². The number of hydrogen-bond donors (Lipinski definition) is 1. The van der Waals surface area contributed by atoms with Gasteiger partial charge in [-0.25, -0.2) is 0 Å². The van der Waals surface area contributed by atoms with Crippen LogP contribution in [0.15, 0.2) is 89.1 Å². The van der Waals surface area contributed by atoms with Crippen molar-refractivity contribution in [2.45, 2.75) is 0 Å². The summed E-state index contributed by atoms with van der Waals surface area (Å²) in [5.41, 5.74) is 6.77. The van der Waals surface area contributed by atoms with Crippen LogP contribution in [0.25, 0.3) is 22.5 Å². The van der Waals surface area contributed by atoms with Crippen LogP contribution in [-0.4, -0.2) is 19.0 Å². The molecular weight excluding hydrogens is 414 g/mol. The second kappa shape index (κ2) is 8.20. The first kappa shape index (κ1) is 20.4. The molecule has 0 amide bonds. The Morgan fingerprint density at radius 3 is 2.33 bits per heavy atom. The largest absolute Gasteiger partial charge is 0.378 e.